The summed E-state index contributed by atoms with van der Waals surface area (Å²) in [6, 6.07) is 9.13. The zero-order chi connectivity index (χ0) is 25.6. The van der Waals surface area contributed by atoms with E-state index >= 15 is 0 Å². The molecule has 0 radical (unpaired) electrons. The molecule has 10 heteroatoms. The summed E-state index contributed by atoms with van der Waals surface area (Å²) < 4.78 is 1.64. The van der Waals surface area contributed by atoms with Crippen molar-refractivity contribution in [3.63, 3.8) is 0 Å². The highest BCUT2D eigenvalue weighted by atomic mass is 16.3. The Bertz CT molecular complexity index is 1470. The van der Waals surface area contributed by atoms with Gasteiger partial charge in [0.25, 0.3) is 5.91 Å². The van der Waals surface area contributed by atoms with Gasteiger partial charge in [0.15, 0.2) is 0 Å². The minimum Gasteiger partial charge on any atom is -0.390 e. The monoisotopic (exact) mass is 498 g/mol. The maximum Gasteiger partial charge on any atom is 0.257 e. The molecule has 2 fully saturated rings. The first kappa shape index (κ1) is 23.5. The van der Waals surface area contributed by atoms with Gasteiger partial charge >= 0.3 is 0 Å². The minimum atomic E-state index is -0.240. The number of nitrogens with one attached hydrogen (secondary N) is 1. The Balaban J connectivity index is 1.18. The molecule has 0 bridgehead atoms. The number of anilines is 2. The second-order valence-electron chi connectivity index (χ2n) is 10.3. The summed E-state index contributed by atoms with van der Waals surface area (Å²) in [5.41, 5.74) is 3.78. The zero-order valence-corrected chi connectivity index (χ0v) is 21.1. The molecular formula is C27H30N8O2. The van der Waals surface area contributed by atoms with Gasteiger partial charge in [0.2, 0.25) is 0 Å². The van der Waals surface area contributed by atoms with E-state index in [-0.39, 0.29) is 12.5 Å². The fourth-order valence-electron chi connectivity index (χ4n) is 5.35. The molecule has 2 aliphatic rings. The van der Waals surface area contributed by atoms with Gasteiger partial charge in [-0.15, -0.1) is 0 Å². The SMILES string of the molecule is CN1CCC2(CC1)CN(c1cc(C(=O)Nc3cc4nc(-c5cnn(C)c5CO)ccc4cn3)ccn1)C2. The van der Waals surface area contributed by atoms with E-state index in [1.807, 2.05) is 18.2 Å². The number of pyridine rings is 3. The summed E-state index contributed by atoms with van der Waals surface area (Å²) in [4.78, 5) is 31.4. The first-order valence-electron chi connectivity index (χ1n) is 12.5. The number of fused-ring (bicyclic) bond motifs is 1. The van der Waals surface area contributed by atoms with Crippen LogP contribution in [0.25, 0.3) is 22.2 Å². The molecule has 2 aliphatic heterocycles. The Kier molecular flexibility index (Phi) is 5.85. The van der Waals surface area contributed by atoms with E-state index in [4.69, 9.17) is 4.98 Å². The summed E-state index contributed by atoms with van der Waals surface area (Å²) in [6.45, 7) is 4.14. The van der Waals surface area contributed by atoms with Crippen LogP contribution in [0.1, 0.15) is 28.9 Å². The second kappa shape index (κ2) is 9.20. The first-order valence-corrected chi connectivity index (χ1v) is 12.5. The van der Waals surface area contributed by atoms with Crippen molar-refractivity contribution >= 4 is 28.4 Å². The number of amides is 1. The average molecular weight is 499 g/mol. The van der Waals surface area contributed by atoms with Crippen LogP contribution in [0.4, 0.5) is 11.6 Å². The van der Waals surface area contributed by atoms with Crippen LogP contribution in [0.3, 0.4) is 0 Å². The summed E-state index contributed by atoms with van der Waals surface area (Å²) >= 11 is 0. The van der Waals surface area contributed by atoms with Gasteiger partial charge in [-0.1, -0.05) is 0 Å². The number of carbonyl (C=O) groups excluding carboxylic acids is 1. The highest BCUT2D eigenvalue weighted by Crippen LogP contribution is 2.41. The van der Waals surface area contributed by atoms with Gasteiger partial charge in [0.05, 0.1) is 29.7 Å². The molecule has 0 aliphatic carbocycles. The lowest BCUT2D eigenvalue weighted by molar-refractivity contribution is 0.0900. The maximum absolute atomic E-state index is 13.1. The third-order valence-electron chi connectivity index (χ3n) is 7.73. The Hall–Kier alpha value is -3.89. The summed E-state index contributed by atoms with van der Waals surface area (Å²) in [7, 11) is 3.97. The molecule has 0 unspecified atom stereocenters. The van der Waals surface area contributed by atoms with E-state index < -0.39 is 0 Å². The Morgan fingerprint density at radius 2 is 1.89 bits per heavy atom. The highest BCUT2D eigenvalue weighted by Gasteiger charge is 2.44. The number of piperidine rings is 1. The number of aromatic nitrogens is 5. The smallest absolute Gasteiger partial charge is 0.257 e. The van der Waals surface area contributed by atoms with Gasteiger partial charge < -0.3 is 20.2 Å². The predicted octanol–water partition coefficient (Wildman–Crippen LogP) is 2.70. The largest absolute Gasteiger partial charge is 0.390 e. The van der Waals surface area contributed by atoms with Crippen molar-refractivity contribution in [1.82, 2.24) is 29.6 Å². The molecule has 1 amide bonds. The highest BCUT2D eigenvalue weighted by molar-refractivity contribution is 6.04. The molecule has 2 saturated heterocycles. The minimum absolute atomic E-state index is 0.132. The standard InChI is InChI=1S/C27H30N8O2/c1-33-9-6-27(7-10-33)16-35(17-27)25-11-18(5-8-28-25)26(37)32-24-12-22-19(13-29-24)3-4-21(31-22)20-14-30-34(2)23(20)15-36/h3-5,8,11-14,36H,6-7,9-10,15-17H2,1-2H3,(H,29,32,37). The number of nitrogens with zero attached hydrogens (tertiary/aromatic N) is 7. The second-order valence-corrected chi connectivity index (χ2v) is 10.3. The Morgan fingerprint density at radius 3 is 2.68 bits per heavy atom. The van der Waals surface area contributed by atoms with Crippen LogP contribution >= 0.6 is 0 Å². The number of aliphatic hydroxyl groups excluding tert-OH is 1. The average Bonchev–Trinajstić information content (AvgIpc) is 3.28. The number of likely N-dealkylation sites (tertiary alicyclic amines) is 1. The molecule has 190 valence electrons. The first-order chi connectivity index (χ1) is 17.9. The normalized spacial score (nSPS) is 17.2. The van der Waals surface area contributed by atoms with Gasteiger partial charge in [-0.05, 0) is 57.2 Å². The fraction of sp³-hybridized carbons (Fsp3) is 0.370. The predicted molar refractivity (Wildman–Crippen MR) is 141 cm³/mol. The molecule has 10 nitrogen and oxygen atoms in total. The number of hydrogen-bond donors (Lipinski definition) is 2. The number of hydrogen-bond acceptors (Lipinski definition) is 8. The van der Waals surface area contributed by atoms with Crippen LogP contribution in [0.2, 0.25) is 0 Å². The van der Waals surface area contributed by atoms with E-state index in [9.17, 15) is 9.90 Å². The van der Waals surface area contributed by atoms with E-state index in [0.717, 1.165) is 42.9 Å². The van der Waals surface area contributed by atoms with Crippen LogP contribution in [0.5, 0.6) is 0 Å². The third kappa shape index (κ3) is 4.42. The molecule has 37 heavy (non-hydrogen) atoms. The number of carbonyl (C=O) groups is 1. The molecular weight excluding hydrogens is 468 g/mol. The summed E-state index contributed by atoms with van der Waals surface area (Å²) in [6.07, 6.45) is 7.50. The molecule has 2 N–H and O–H groups in total. The summed E-state index contributed by atoms with van der Waals surface area (Å²) in [5.74, 6) is 1.02. The van der Waals surface area contributed by atoms with Gasteiger partial charge in [-0.3, -0.25) is 9.48 Å². The van der Waals surface area contributed by atoms with Crippen LogP contribution in [-0.4, -0.2) is 73.9 Å². The number of aliphatic hydroxyl groups is 1. The van der Waals surface area contributed by atoms with E-state index in [2.05, 4.69) is 37.2 Å². The van der Waals surface area contributed by atoms with Crippen LogP contribution in [-0.2, 0) is 13.7 Å². The lowest BCUT2D eigenvalue weighted by Crippen LogP contribution is -2.60. The molecule has 0 saturated carbocycles. The molecule has 1 spiro atoms. The van der Waals surface area contributed by atoms with Crippen molar-refractivity contribution in [1.29, 1.82) is 0 Å². The molecule has 6 heterocycles. The zero-order valence-electron chi connectivity index (χ0n) is 21.1. The molecule has 6 rings (SSSR count). The van der Waals surface area contributed by atoms with Crippen molar-refractivity contribution in [2.75, 3.05) is 43.4 Å². The molecule has 4 aromatic heterocycles. The lowest BCUT2D eigenvalue weighted by Gasteiger charge is -2.54. The number of rotatable bonds is 5. The van der Waals surface area contributed by atoms with Crippen molar-refractivity contribution in [2.45, 2.75) is 19.4 Å². The van der Waals surface area contributed by atoms with Gasteiger partial charge in [-0.2, -0.15) is 5.10 Å². The lowest BCUT2D eigenvalue weighted by atomic mass is 9.72. The summed E-state index contributed by atoms with van der Waals surface area (Å²) in [5, 5.41) is 17.7. The van der Waals surface area contributed by atoms with Crippen molar-refractivity contribution in [3.8, 4) is 11.3 Å². The molecule has 4 aromatic rings. The molecule has 0 aromatic carbocycles. The maximum atomic E-state index is 13.1. The van der Waals surface area contributed by atoms with Crippen molar-refractivity contribution in [3.05, 3.63) is 60.2 Å². The topological polar surface area (TPSA) is 112 Å². The van der Waals surface area contributed by atoms with Crippen molar-refractivity contribution in [2.24, 2.45) is 12.5 Å². The van der Waals surface area contributed by atoms with Crippen LogP contribution in [0, 0.1) is 5.41 Å². The third-order valence-corrected chi connectivity index (χ3v) is 7.73. The molecule has 0 atom stereocenters. The Morgan fingerprint density at radius 1 is 1.08 bits per heavy atom. The Labute approximate surface area is 215 Å². The van der Waals surface area contributed by atoms with E-state index in [1.165, 1.54) is 12.8 Å². The van der Waals surface area contributed by atoms with E-state index in [1.54, 1.807) is 42.5 Å². The number of aryl methyl sites for hydroxylation is 1. The quantitative estimate of drug-likeness (QED) is 0.432. The van der Waals surface area contributed by atoms with Gasteiger partial charge in [-0.25, -0.2) is 15.0 Å². The van der Waals surface area contributed by atoms with Crippen molar-refractivity contribution < 1.29 is 9.90 Å². The van der Waals surface area contributed by atoms with Crippen LogP contribution < -0.4 is 10.2 Å². The van der Waals surface area contributed by atoms with E-state index in [0.29, 0.717) is 33.7 Å². The fourth-order valence-corrected chi connectivity index (χ4v) is 5.35. The van der Waals surface area contributed by atoms with Gasteiger partial charge in [0.1, 0.15) is 11.6 Å². The van der Waals surface area contributed by atoms with Crippen LogP contribution in [0.15, 0.2) is 48.9 Å². The van der Waals surface area contributed by atoms with Gasteiger partial charge in [0, 0.05) is 60.5 Å².